The molecule has 3 aromatic carbocycles. The van der Waals surface area contributed by atoms with E-state index in [4.69, 9.17) is 4.74 Å². The smallest absolute Gasteiger partial charge is 0.234 e. The molecule has 1 amide bonds. The molecule has 8 heteroatoms. The number of nitrogens with zero attached hydrogens (tertiary/aromatic N) is 3. The van der Waals surface area contributed by atoms with Gasteiger partial charge in [-0.15, -0.1) is 10.2 Å². The Kier molecular flexibility index (Phi) is 6.70. The Hall–Kier alpha value is -3.39. The summed E-state index contributed by atoms with van der Waals surface area (Å²) in [7, 11) is 0. The van der Waals surface area contributed by atoms with Crippen LogP contribution < -0.4 is 10.1 Å². The number of hydrogen-bond acceptors (Lipinski definition) is 5. The van der Waals surface area contributed by atoms with Crippen molar-refractivity contribution in [2.75, 3.05) is 11.1 Å². The van der Waals surface area contributed by atoms with Crippen LogP contribution in [0.2, 0.25) is 0 Å². The van der Waals surface area contributed by atoms with Crippen molar-refractivity contribution >= 4 is 34.1 Å². The van der Waals surface area contributed by atoms with Gasteiger partial charge in [-0.1, -0.05) is 54.2 Å². The Morgan fingerprint density at radius 2 is 1.88 bits per heavy atom. The lowest BCUT2D eigenvalue weighted by molar-refractivity contribution is -0.113. The number of benzene rings is 3. The monoisotopic (exact) mass is 450 g/mol. The van der Waals surface area contributed by atoms with E-state index in [2.05, 4.69) is 27.6 Å². The average Bonchev–Trinajstić information content (AvgIpc) is 3.21. The van der Waals surface area contributed by atoms with Crippen LogP contribution in [0.4, 0.5) is 10.1 Å². The molecule has 1 N–H and O–H groups in total. The molecule has 0 aliphatic heterocycles. The Bertz CT molecular complexity index is 1260. The molecule has 0 unspecified atom stereocenters. The van der Waals surface area contributed by atoms with E-state index in [1.54, 1.807) is 12.1 Å². The topological polar surface area (TPSA) is 69.0 Å². The lowest BCUT2D eigenvalue weighted by Crippen LogP contribution is -2.15. The number of halogens is 1. The highest BCUT2D eigenvalue weighted by Crippen LogP contribution is 2.28. The fourth-order valence-electron chi connectivity index (χ4n) is 3.43. The molecular weight excluding hydrogens is 427 g/mol. The van der Waals surface area contributed by atoms with Crippen LogP contribution in [0.25, 0.3) is 10.8 Å². The molecule has 0 atom stereocenters. The molecule has 0 aliphatic rings. The number of fused-ring (bicyclic) bond motifs is 1. The zero-order chi connectivity index (χ0) is 22.5. The van der Waals surface area contributed by atoms with E-state index in [1.807, 2.05) is 42.7 Å². The normalized spacial score (nSPS) is 11.0. The Labute approximate surface area is 189 Å². The standard InChI is InChI=1S/C24H23FN4O2S/c1-3-29-22(14-31-21-13-12-17-8-4-5-9-18(17)16(21)2)27-28-24(29)32-15-23(30)26-20-11-7-6-10-19(20)25/h4-13H,3,14-15H2,1-2H3,(H,26,30). The van der Waals surface area contributed by atoms with Crippen molar-refractivity contribution in [3.63, 3.8) is 0 Å². The third-order valence-corrected chi connectivity index (χ3v) is 6.06. The third kappa shape index (κ3) is 4.75. The summed E-state index contributed by atoms with van der Waals surface area (Å²) in [5, 5.41) is 14.0. The predicted octanol–water partition coefficient (Wildman–Crippen LogP) is 5.21. The van der Waals surface area contributed by atoms with Crippen LogP contribution in [0.1, 0.15) is 18.3 Å². The van der Waals surface area contributed by atoms with Crippen LogP contribution in [-0.4, -0.2) is 26.4 Å². The molecule has 0 spiro atoms. The molecule has 0 saturated carbocycles. The number of carbonyl (C=O) groups is 1. The summed E-state index contributed by atoms with van der Waals surface area (Å²) >= 11 is 1.25. The maximum atomic E-state index is 13.7. The average molecular weight is 451 g/mol. The fraction of sp³-hybridized carbons (Fsp3) is 0.208. The quantitative estimate of drug-likeness (QED) is 0.373. The highest BCUT2D eigenvalue weighted by atomic mass is 32.2. The maximum absolute atomic E-state index is 13.7. The molecule has 0 saturated heterocycles. The Morgan fingerprint density at radius 1 is 1.09 bits per heavy atom. The summed E-state index contributed by atoms with van der Waals surface area (Å²) in [6.45, 7) is 4.93. The van der Waals surface area contributed by atoms with Gasteiger partial charge in [-0.2, -0.15) is 0 Å². The van der Waals surface area contributed by atoms with Gasteiger partial charge in [0.05, 0.1) is 11.4 Å². The number of aromatic nitrogens is 3. The van der Waals surface area contributed by atoms with E-state index < -0.39 is 5.82 Å². The Morgan fingerprint density at radius 3 is 2.69 bits per heavy atom. The molecule has 6 nitrogen and oxygen atoms in total. The minimum absolute atomic E-state index is 0.0944. The number of thioether (sulfide) groups is 1. The zero-order valence-corrected chi connectivity index (χ0v) is 18.7. The molecule has 164 valence electrons. The second kappa shape index (κ2) is 9.82. The van der Waals surface area contributed by atoms with Crippen molar-refractivity contribution in [1.82, 2.24) is 14.8 Å². The molecule has 0 bridgehead atoms. The van der Waals surface area contributed by atoms with Gasteiger partial charge in [-0.25, -0.2) is 4.39 Å². The number of nitrogens with one attached hydrogen (secondary N) is 1. The number of carbonyl (C=O) groups excluding carboxylic acids is 1. The molecule has 1 heterocycles. The van der Waals surface area contributed by atoms with E-state index in [0.717, 1.165) is 16.7 Å². The van der Waals surface area contributed by atoms with Crippen molar-refractivity contribution in [2.45, 2.75) is 32.2 Å². The van der Waals surface area contributed by atoms with Crippen LogP contribution in [0, 0.1) is 12.7 Å². The van der Waals surface area contributed by atoms with Gasteiger partial charge in [0.15, 0.2) is 11.0 Å². The predicted molar refractivity (Wildman–Crippen MR) is 124 cm³/mol. The molecular formula is C24H23FN4O2S. The van der Waals surface area contributed by atoms with E-state index >= 15 is 0 Å². The summed E-state index contributed by atoms with van der Waals surface area (Å²) in [5.41, 5.74) is 1.24. The van der Waals surface area contributed by atoms with Crippen LogP contribution >= 0.6 is 11.8 Å². The van der Waals surface area contributed by atoms with Crippen molar-refractivity contribution in [3.8, 4) is 5.75 Å². The molecule has 0 radical (unpaired) electrons. The van der Waals surface area contributed by atoms with Gasteiger partial charge in [0.2, 0.25) is 5.91 Å². The number of amides is 1. The van der Waals surface area contributed by atoms with Crippen molar-refractivity contribution in [2.24, 2.45) is 0 Å². The van der Waals surface area contributed by atoms with Crippen LogP contribution in [-0.2, 0) is 17.9 Å². The number of anilines is 1. The third-order valence-electron chi connectivity index (χ3n) is 5.10. The maximum Gasteiger partial charge on any atom is 0.234 e. The largest absolute Gasteiger partial charge is 0.485 e. The van der Waals surface area contributed by atoms with Crippen LogP contribution in [0.15, 0.2) is 65.8 Å². The van der Waals surface area contributed by atoms with Gasteiger partial charge in [0.1, 0.15) is 18.2 Å². The van der Waals surface area contributed by atoms with E-state index in [-0.39, 0.29) is 24.0 Å². The summed E-state index contributed by atoms with van der Waals surface area (Å²) < 4.78 is 21.7. The molecule has 1 aromatic heterocycles. The molecule has 4 aromatic rings. The fourth-order valence-corrected chi connectivity index (χ4v) is 4.26. The highest BCUT2D eigenvalue weighted by Gasteiger charge is 2.15. The minimum atomic E-state index is -0.467. The molecule has 4 rings (SSSR count). The summed E-state index contributed by atoms with van der Waals surface area (Å²) in [6.07, 6.45) is 0. The van der Waals surface area contributed by atoms with E-state index in [9.17, 15) is 9.18 Å². The van der Waals surface area contributed by atoms with Crippen LogP contribution in [0.3, 0.4) is 0 Å². The van der Waals surface area contributed by atoms with E-state index in [1.165, 1.54) is 29.3 Å². The Balaban J connectivity index is 1.40. The molecule has 32 heavy (non-hydrogen) atoms. The number of para-hydroxylation sites is 1. The van der Waals surface area contributed by atoms with Gasteiger partial charge < -0.3 is 14.6 Å². The van der Waals surface area contributed by atoms with Gasteiger partial charge in [0, 0.05) is 6.54 Å². The number of rotatable bonds is 8. The van der Waals surface area contributed by atoms with Gasteiger partial charge >= 0.3 is 0 Å². The highest BCUT2D eigenvalue weighted by molar-refractivity contribution is 7.99. The number of ether oxygens (including phenoxy) is 1. The summed E-state index contributed by atoms with van der Waals surface area (Å²) in [5.74, 6) is 0.795. The summed E-state index contributed by atoms with van der Waals surface area (Å²) in [4.78, 5) is 12.2. The van der Waals surface area contributed by atoms with Crippen molar-refractivity contribution in [3.05, 3.63) is 77.9 Å². The van der Waals surface area contributed by atoms with Gasteiger partial charge in [0.25, 0.3) is 0 Å². The molecule has 0 fully saturated rings. The lowest BCUT2D eigenvalue weighted by atomic mass is 10.0. The second-order valence-corrected chi connectivity index (χ2v) is 8.10. The first-order valence-electron chi connectivity index (χ1n) is 10.3. The van der Waals surface area contributed by atoms with E-state index in [0.29, 0.717) is 17.5 Å². The minimum Gasteiger partial charge on any atom is -0.485 e. The van der Waals surface area contributed by atoms with Crippen LogP contribution in [0.5, 0.6) is 5.75 Å². The molecule has 0 aliphatic carbocycles. The number of aryl methyl sites for hydroxylation is 1. The van der Waals surface area contributed by atoms with Crippen molar-refractivity contribution < 1.29 is 13.9 Å². The van der Waals surface area contributed by atoms with Gasteiger partial charge in [-0.3, -0.25) is 4.79 Å². The zero-order valence-electron chi connectivity index (χ0n) is 17.8. The summed E-state index contributed by atoms with van der Waals surface area (Å²) in [6, 6.07) is 18.3. The second-order valence-electron chi connectivity index (χ2n) is 7.16. The lowest BCUT2D eigenvalue weighted by Gasteiger charge is -2.12. The SMILES string of the molecule is CCn1c(COc2ccc3ccccc3c2C)nnc1SCC(=O)Nc1ccccc1F. The first-order chi connectivity index (χ1) is 15.6. The number of hydrogen-bond donors (Lipinski definition) is 1. The first kappa shape index (κ1) is 21.8. The van der Waals surface area contributed by atoms with Gasteiger partial charge in [-0.05, 0) is 48.4 Å². The first-order valence-corrected chi connectivity index (χ1v) is 11.3. The van der Waals surface area contributed by atoms with Crippen molar-refractivity contribution in [1.29, 1.82) is 0 Å².